The quantitative estimate of drug-likeness (QED) is 0.859. The van der Waals surface area contributed by atoms with Gasteiger partial charge in [-0.15, -0.1) is 11.3 Å². The summed E-state index contributed by atoms with van der Waals surface area (Å²) in [5.41, 5.74) is 3.47. The summed E-state index contributed by atoms with van der Waals surface area (Å²) in [6, 6.07) is 4.32. The number of rotatable bonds is 5. The number of nitrogens with zero attached hydrogens (tertiary/aromatic N) is 2. The van der Waals surface area contributed by atoms with Crippen LogP contribution in [0.3, 0.4) is 0 Å². The Labute approximate surface area is 122 Å². The van der Waals surface area contributed by atoms with Crippen LogP contribution in [0.1, 0.15) is 39.6 Å². The van der Waals surface area contributed by atoms with Gasteiger partial charge in [-0.2, -0.15) is 0 Å². The highest BCUT2D eigenvalue weighted by molar-refractivity contribution is 7.11. The van der Waals surface area contributed by atoms with Crippen molar-refractivity contribution in [2.24, 2.45) is 0 Å². The Morgan fingerprint density at radius 1 is 1.25 bits per heavy atom. The van der Waals surface area contributed by atoms with Crippen LogP contribution >= 0.6 is 11.3 Å². The lowest BCUT2D eigenvalue weighted by Crippen LogP contribution is -2.14. The van der Waals surface area contributed by atoms with Crippen LogP contribution in [0.25, 0.3) is 0 Å². The number of fused-ring (bicyclic) bond motifs is 1. The van der Waals surface area contributed by atoms with Crippen molar-refractivity contribution in [3.63, 3.8) is 0 Å². The van der Waals surface area contributed by atoms with E-state index in [1.807, 2.05) is 5.38 Å². The minimum atomic E-state index is 0.566. The number of thiazole rings is 1. The molecule has 0 radical (unpaired) electrons. The molecule has 0 saturated heterocycles. The first-order valence-electron chi connectivity index (χ1n) is 6.97. The SMILES string of the molecule is O=Cc1nc(CCCc2ccc3c(n2)NCCC3)cs1. The van der Waals surface area contributed by atoms with Crippen LogP contribution in [0, 0.1) is 0 Å². The molecule has 104 valence electrons. The second-order valence-electron chi connectivity index (χ2n) is 4.99. The molecule has 1 aliphatic heterocycles. The highest BCUT2D eigenvalue weighted by Gasteiger charge is 2.10. The topological polar surface area (TPSA) is 54.9 Å². The maximum Gasteiger partial charge on any atom is 0.178 e. The van der Waals surface area contributed by atoms with E-state index < -0.39 is 0 Å². The van der Waals surface area contributed by atoms with E-state index in [1.54, 1.807) is 0 Å². The summed E-state index contributed by atoms with van der Waals surface area (Å²) in [5.74, 6) is 1.06. The van der Waals surface area contributed by atoms with Crippen LogP contribution in [0.4, 0.5) is 5.82 Å². The lowest BCUT2D eigenvalue weighted by molar-refractivity contribution is 0.112. The van der Waals surface area contributed by atoms with E-state index in [4.69, 9.17) is 0 Å². The number of carbonyl (C=O) groups is 1. The zero-order chi connectivity index (χ0) is 13.8. The molecule has 2 aromatic heterocycles. The first-order valence-corrected chi connectivity index (χ1v) is 7.85. The van der Waals surface area contributed by atoms with Crippen molar-refractivity contribution >= 4 is 23.4 Å². The molecule has 1 aliphatic rings. The zero-order valence-electron chi connectivity index (χ0n) is 11.3. The van der Waals surface area contributed by atoms with Crippen molar-refractivity contribution in [1.29, 1.82) is 0 Å². The second kappa shape index (κ2) is 6.13. The lowest BCUT2D eigenvalue weighted by Gasteiger charge is -2.17. The van der Waals surface area contributed by atoms with Crippen molar-refractivity contribution in [2.45, 2.75) is 32.1 Å². The zero-order valence-corrected chi connectivity index (χ0v) is 12.1. The molecular formula is C15H17N3OS. The molecule has 0 saturated carbocycles. The van der Waals surface area contributed by atoms with E-state index in [2.05, 4.69) is 27.4 Å². The Kier molecular flexibility index (Phi) is 4.06. The first-order chi connectivity index (χ1) is 9.85. The Morgan fingerprint density at radius 2 is 2.15 bits per heavy atom. The van der Waals surface area contributed by atoms with Crippen molar-refractivity contribution in [2.75, 3.05) is 11.9 Å². The Hall–Kier alpha value is -1.75. The number of nitrogens with one attached hydrogen (secondary N) is 1. The molecular weight excluding hydrogens is 270 g/mol. The fourth-order valence-electron chi connectivity index (χ4n) is 2.45. The Morgan fingerprint density at radius 3 is 3.00 bits per heavy atom. The lowest BCUT2D eigenvalue weighted by atomic mass is 10.1. The van der Waals surface area contributed by atoms with E-state index in [0.29, 0.717) is 5.01 Å². The fraction of sp³-hybridized carbons (Fsp3) is 0.400. The number of pyridine rings is 1. The molecule has 0 unspecified atom stereocenters. The van der Waals surface area contributed by atoms with E-state index >= 15 is 0 Å². The third-order valence-electron chi connectivity index (χ3n) is 3.49. The molecule has 3 heterocycles. The molecule has 0 atom stereocenters. The predicted octanol–water partition coefficient (Wildman–Crippen LogP) is 2.88. The third kappa shape index (κ3) is 3.04. The monoisotopic (exact) mass is 287 g/mol. The second-order valence-corrected chi connectivity index (χ2v) is 5.88. The number of anilines is 1. The highest BCUT2D eigenvalue weighted by atomic mass is 32.1. The van der Waals surface area contributed by atoms with Gasteiger partial charge in [-0.25, -0.2) is 9.97 Å². The minimum absolute atomic E-state index is 0.566. The highest BCUT2D eigenvalue weighted by Crippen LogP contribution is 2.20. The molecule has 0 amide bonds. The summed E-state index contributed by atoms with van der Waals surface area (Å²) in [7, 11) is 0. The smallest absolute Gasteiger partial charge is 0.178 e. The van der Waals surface area contributed by atoms with Gasteiger partial charge in [-0.05, 0) is 43.7 Å². The number of hydrogen-bond acceptors (Lipinski definition) is 5. The maximum absolute atomic E-state index is 10.6. The van der Waals surface area contributed by atoms with Crippen molar-refractivity contribution in [3.05, 3.63) is 39.5 Å². The standard InChI is InChI=1S/C15H17N3OS/c19-9-14-17-13(10-20-14)5-1-4-12-7-6-11-3-2-8-16-15(11)18-12/h6-7,9-10H,1-5,8H2,(H,16,18). The molecule has 0 bridgehead atoms. The molecule has 4 nitrogen and oxygen atoms in total. The van der Waals surface area contributed by atoms with Gasteiger partial charge in [-0.1, -0.05) is 6.07 Å². The van der Waals surface area contributed by atoms with Gasteiger partial charge in [0.2, 0.25) is 0 Å². The van der Waals surface area contributed by atoms with Gasteiger partial charge < -0.3 is 5.32 Å². The molecule has 20 heavy (non-hydrogen) atoms. The number of hydrogen-bond donors (Lipinski definition) is 1. The number of carbonyl (C=O) groups excluding carboxylic acids is 1. The van der Waals surface area contributed by atoms with E-state index in [-0.39, 0.29) is 0 Å². The van der Waals surface area contributed by atoms with Crippen LogP contribution in [-0.4, -0.2) is 22.8 Å². The molecule has 5 heteroatoms. The van der Waals surface area contributed by atoms with Crippen LogP contribution in [0.2, 0.25) is 0 Å². The van der Waals surface area contributed by atoms with Gasteiger partial charge in [0.1, 0.15) is 5.82 Å². The van der Waals surface area contributed by atoms with Gasteiger partial charge >= 0.3 is 0 Å². The van der Waals surface area contributed by atoms with Crippen LogP contribution in [0.5, 0.6) is 0 Å². The fourth-order valence-corrected chi connectivity index (χ4v) is 3.10. The minimum Gasteiger partial charge on any atom is -0.370 e. The largest absolute Gasteiger partial charge is 0.370 e. The summed E-state index contributed by atoms with van der Waals surface area (Å²) in [5, 5.41) is 5.89. The Balaban J connectivity index is 1.56. The molecule has 1 N–H and O–H groups in total. The predicted molar refractivity (Wildman–Crippen MR) is 80.6 cm³/mol. The van der Waals surface area contributed by atoms with Crippen molar-refractivity contribution < 1.29 is 4.79 Å². The molecule has 0 aliphatic carbocycles. The van der Waals surface area contributed by atoms with Crippen molar-refractivity contribution in [1.82, 2.24) is 9.97 Å². The van der Waals surface area contributed by atoms with Gasteiger partial charge in [-0.3, -0.25) is 4.79 Å². The summed E-state index contributed by atoms with van der Waals surface area (Å²) in [6.07, 6.45) is 5.98. The van der Waals surface area contributed by atoms with E-state index in [9.17, 15) is 4.79 Å². The maximum atomic E-state index is 10.6. The number of aldehydes is 1. The van der Waals surface area contributed by atoms with E-state index in [0.717, 1.165) is 55.7 Å². The molecule has 0 spiro atoms. The average molecular weight is 287 g/mol. The van der Waals surface area contributed by atoms with E-state index in [1.165, 1.54) is 23.3 Å². The average Bonchev–Trinajstić information content (AvgIpc) is 2.95. The molecule has 0 fully saturated rings. The molecule has 2 aromatic rings. The van der Waals surface area contributed by atoms with Gasteiger partial charge in [0.25, 0.3) is 0 Å². The normalized spacial score (nSPS) is 13.6. The summed E-state index contributed by atoms with van der Waals surface area (Å²) >= 11 is 1.41. The number of aryl methyl sites for hydroxylation is 3. The number of aromatic nitrogens is 2. The summed E-state index contributed by atoms with van der Waals surface area (Å²) < 4.78 is 0. The molecule has 3 rings (SSSR count). The van der Waals surface area contributed by atoms with Crippen LogP contribution in [-0.2, 0) is 19.3 Å². The molecule has 0 aromatic carbocycles. The third-order valence-corrected chi connectivity index (χ3v) is 4.31. The summed E-state index contributed by atoms with van der Waals surface area (Å²) in [6.45, 7) is 1.02. The first kappa shape index (κ1) is 13.2. The van der Waals surface area contributed by atoms with Gasteiger partial charge in [0.15, 0.2) is 11.3 Å². The van der Waals surface area contributed by atoms with Crippen LogP contribution in [0.15, 0.2) is 17.5 Å². The van der Waals surface area contributed by atoms with Gasteiger partial charge in [0, 0.05) is 17.6 Å². The van der Waals surface area contributed by atoms with Crippen LogP contribution < -0.4 is 5.32 Å². The van der Waals surface area contributed by atoms with Gasteiger partial charge in [0.05, 0.1) is 5.69 Å². The Bertz CT molecular complexity index is 609. The van der Waals surface area contributed by atoms with Crippen molar-refractivity contribution in [3.8, 4) is 0 Å². The summed E-state index contributed by atoms with van der Waals surface area (Å²) in [4.78, 5) is 19.5.